The number of likely N-dealkylation sites (N-methyl/N-ethyl adjacent to an activating group) is 1. The third kappa shape index (κ3) is 67.6. The van der Waals surface area contributed by atoms with E-state index in [1.807, 2.05) is 27.2 Å². The number of allylic oxidation sites excluding steroid dienone is 9. The second-order valence-electron chi connectivity index (χ2n) is 25.9. The number of carbonyl (C=O) groups excluding carboxylic acids is 1. The molecule has 0 aliphatic rings. The van der Waals surface area contributed by atoms with Crippen LogP contribution in [0.3, 0.4) is 0 Å². The van der Waals surface area contributed by atoms with Crippen LogP contribution < -0.4 is 10.2 Å². The Kier molecular flexibility index (Phi) is 63.3. The molecule has 0 radical (unpaired) electrons. The molecule has 9 heteroatoms. The molecule has 0 spiro atoms. The largest absolute Gasteiger partial charge is 0.756 e. The van der Waals surface area contributed by atoms with Gasteiger partial charge in [-0.3, -0.25) is 9.36 Å². The van der Waals surface area contributed by atoms with Crippen LogP contribution in [-0.2, 0) is 18.4 Å². The monoisotopic (exact) mass is 1190 g/mol. The molecule has 0 rings (SSSR count). The van der Waals surface area contributed by atoms with Crippen LogP contribution in [0.1, 0.15) is 354 Å². The van der Waals surface area contributed by atoms with Crippen molar-refractivity contribution >= 4 is 13.7 Å². The van der Waals surface area contributed by atoms with E-state index in [2.05, 4.69) is 67.8 Å². The van der Waals surface area contributed by atoms with Gasteiger partial charge in [-0.05, 0) is 77.0 Å². The normalized spacial score (nSPS) is 14.0. The zero-order valence-electron chi connectivity index (χ0n) is 55.9. The highest BCUT2D eigenvalue weighted by Crippen LogP contribution is 2.38. The number of rotatable bonds is 67. The van der Waals surface area contributed by atoms with Gasteiger partial charge in [0.15, 0.2) is 0 Å². The van der Waals surface area contributed by atoms with E-state index in [0.29, 0.717) is 17.4 Å². The number of nitrogens with one attached hydrogen (secondary N) is 1. The molecule has 1 amide bonds. The molecular formula is C74H141N2O6P. The highest BCUT2D eigenvalue weighted by Gasteiger charge is 2.23. The molecule has 0 saturated carbocycles. The number of hydrogen-bond donors (Lipinski definition) is 2. The number of phosphoric ester groups is 1. The summed E-state index contributed by atoms with van der Waals surface area (Å²) in [6.45, 7) is 4.66. The van der Waals surface area contributed by atoms with Crippen molar-refractivity contribution in [3.05, 3.63) is 60.8 Å². The van der Waals surface area contributed by atoms with Crippen LogP contribution in [-0.4, -0.2) is 68.5 Å². The molecule has 2 N–H and O–H groups in total. The van der Waals surface area contributed by atoms with Crippen LogP contribution in [0.4, 0.5) is 0 Å². The molecule has 488 valence electrons. The Hall–Kier alpha value is -1.80. The molecule has 0 aliphatic carbocycles. The summed E-state index contributed by atoms with van der Waals surface area (Å²) in [5.41, 5.74) is 0. The first-order valence-corrected chi connectivity index (χ1v) is 37.6. The van der Waals surface area contributed by atoms with Gasteiger partial charge in [0.25, 0.3) is 7.82 Å². The fourth-order valence-corrected chi connectivity index (χ4v) is 11.5. The lowest BCUT2D eigenvalue weighted by atomic mass is 10.0. The standard InChI is InChI=1S/C74H141N2O6P/c1-6-8-10-12-14-16-18-20-22-24-26-28-30-32-34-36-37-38-40-41-43-45-47-49-51-53-55-57-59-61-63-65-67-73(77)72(71-82-83(79,80)81-70-69-76(3,4)5)75-74(78)68-66-64-62-60-58-56-54-52-50-48-46-44-42-39-35-33-31-29-27-25-23-21-19-17-15-13-11-9-7-2/h19,21,25,27,49,51,57,59,65,67,72-73,77H,6-18,20,22-24,26,28-48,50,52-56,58,60-64,66,68-71H2,1-5H3,(H-,75,78,79,80)/b21-19-,27-25-,51-49+,59-57+,67-65+. The average Bonchev–Trinajstić information content (AvgIpc) is 3.50. The lowest BCUT2D eigenvalue weighted by Gasteiger charge is -2.29. The molecule has 0 bridgehead atoms. The molecule has 0 aromatic rings. The van der Waals surface area contributed by atoms with Gasteiger partial charge in [-0.15, -0.1) is 0 Å². The minimum Gasteiger partial charge on any atom is -0.756 e. The van der Waals surface area contributed by atoms with E-state index in [1.165, 1.54) is 283 Å². The van der Waals surface area contributed by atoms with Crippen LogP contribution in [0.15, 0.2) is 60.8 Å². The van der Waals surface area contributed by atoms with E-state index < -0.39 is 26.6 Å². The van der Waals surface area contributed by atoms with Gasteiger partial charge in [-0.1, -0.05) is 331 Å². The predicted octanol–water partition coefficient (Wildman–Crippen LogP) is 22.5. The van der Waals surface area contributed by atoms with Crippen molar-refractivity contribution in [2.24, 2.45) is 0 Å². The SMILES string of the molecule is CCCCCCC/C=C\C/C=C\CCCCCCCCCCCCCCCCCCCC(=O)NC(COP(=O)([O-])OCC[N+](C)(C)C)C(O)/C=C/CC/C=C/CC/C=C/CCCCCCCCCCCCCCCCCCCCCCCC. The summed E-state index contributed by atoms with van der Waals surface area (Å²) in [7, 11) is 1.24. The lowest BCUT2D eigenvalue weighted by molar-refractivity contribution is -0.870. The van der Waals surface area contributed by atoms with Crippen molar-refractivity contribution in [3.63, 3.8) is 0 Å². The summed E-state index contributed by atoms with van der Waals surface area (Å²) in [5, 5.41) is 13.9. The Morgan fingerprint density at radius 3 is 1.05 bits per heavy atom. The Morgan fingerprint density at radius 2 is 0.711 bits per heavy atom. The zero-order valence-corrected chi connectivity index (χ0v) is 56.8. The number of unbranched alkanes of at least 4 members (excludes halogenated alkanes) is 46. The maximum Gasteiger partial charge on any atom is 0.268 e. The fraction of sp³-hybridized carbons (Fsp3) is 0.851. The third-order valence-corrected chi connectivity index (χ3v) is 17.4. The van der Waals surface area contributed by atoms with Gasteiger partial charge >= 0.3 is 0 Å². The maximum absolute atomic E-state index is 13.0. The van der Waals surface area contributed by atoms with Gasteiger partial charge in [0.2, 0.25) is 5.91 Å². The molecule has 0 aliphatic heterocycles. The first-order valence-electron chi connectivity index (χ1n) is 36.2. The highest BCUT2D eigenvalue weighted by molar-refractivity contribution is 7.45. The van der Waals surface area contributed by atoms with Crippen molar-refractivity contribution in [3.8, 4) is 0 Å². The van der Waals surface area contributed by atoms with E-state index in [0.717, 1.165) is 51.4 Å². The molecule has 0 fully saturated rings. The lowest BCUT2D eigenvalue weighted by Crippen LogP contribution is -2.45. The molecule has 0 aromatic heterocycles. The van der Waals surface area contributed by atoms with E-state index in [4.69, 9.17) is 9.05 Å². The first kappa shape index (κ1) is 81.2. The fourth-order valence-electron chi connectivity index (χ4n) is 10.8. The number of amides is 1. The molecule has 0 heterocycles. The molecule has 0 aromatic carbocycles. The zero-order chi connectivity index (χ0) is 60.5. The Bertz CT molecular complexity index is 1540. The summed E-state index contributed by atoms with van der Waals surface area (Å²) in [5.74, 6) is -0.207. The van der Waals surface area contributed by atoms with Crippen molar-refractivity contribution in [2.75, 3.05) is 40.9 Å². The van der Waals surface area contributed by atoms with Crippen molar-refractivity contribution in [1.82, 2.24) is 5.32 Å². The highest BCUT2D eigenvalue weighted by atomic mass is 31.2. The summed E-state index contributed by atoms with van der Waals surface area (Å²) < 4.78 is 23.4. The number of quaternary nitrogens is 1. The average molecular weight is 1190 g/mol. The van der Waals surface area contributed by atoms with Crippen LogP contribution in [0.25, 0.3) is 0 Å². The summed E-state index contributed by atoms with van der Waals surface area (Å²) in [6, 6.07) is -0.913. The van der Waals surface area contributed by atoms with E-state index in [1.54, 1.807) is 6.08 Å². The van der Waals surface area contributed by atoms with Crippen LogP contribution >= 0.6 is 7.82 Å². The predicted molar refractivity (Wildman–Crippen MR) is 362 cm³/mol. The Balaban J connectivity index is 4.10. The molecule has 83 heavy (non-hydrogen) atoms. The second-order valence-corrected chi connectivity index (χ2v) is 27.3. The van der Waals surface area contributed by atoms with Crippen LogP contribution in [0, 0.1) is 0 Å². The van der Waals surface area contributed by atoms with Gasteiger partial charge < -0.3 is 28.8 Å². The number of aliphatic hydroxyl groups is 1. The summed E-state index contributed by atoms with van der Waals surface area (Å²) in [6.07, 6.45) is 89.3. The maximum atomic E-state index is 13.0. The molecule has 3 unspecified atom stereocenters. The molecular weight excluding hydrogens is 1040 g/mol. The Labute approximate surface area is 517 Å². The minimum atomic E-state index is -4.62. The topological polar surface area (TPSA) is 108 Å². The van der Waals surface area contributed by atoms with E-state index in [9.17, 15) is 19.4 Å². The van der Waals surface area contributed by atoms with Crippen LogP contribution in [0.2, 0.25) is 0 Å². The quantitative estimate of drug-likeness (QED) is 0.0272. The van der Waals surface area contributed by atoms with Gasteiger partial charge in [-0.2, -0.15) is 0 Å². The molecule has 0 saturated heterocycles. The summed E-state index contributed by atoms with van der Waals surface area (Å²) in [4.78, 5) is 25.6. The minimum absolute atomic E-state index is 0.00925. The van der Waals surface area contributed by atoms with Gasteiger partial charge in [0, 0.05) is 6.42 Å². The van der Waals surface area contributed by atoms with Gasteiger partial charge in [-0.25, -0.2) is 0 Å². The number of nitrogens with zero attached hydrogens (tertiary/aromatic N) is 1. The van der Waals surface area contributed by atoms with Crippen molar-refractivity contribution in [1.29, 1.82) is 0 Å². The van der Waals surface area contributed by atoms with Crippen LogP contribution in [0.5, 0.6) is 0 Å². The smallest absolute Gasteiger partial charge is 0.268 e. The molecule has 8 nitrogen and oxygen atoms in total. The third-order valence-electron chi connectivity index (χ3n) is 16.4. The number of aliphatic hydroxyl groups excluding tert-OH is 1. The van der Waals surface area contributed by atoms with E-state index in [-0.39, 0.29) is 12.5 Å². The van der Waals surface area contributed by atoms with Gasteiger partial charge in [0.05, 0.1) is 39.9 Å². The Morgan fingerprint density at radius 1 is 0.422 bits per heavy atom. The van der Waals surface area contributed by atoms with Gasteiger partial charge in [0.1, 0.15) is 13.2 Å². The number of carbonyl (C=O) groups is 1. The number of hydrogen-bond acceptors (Lipinski definition) is 6. The van der Waals surface area contributed by atoms with Crippen molar-refractivity contribution < 1.29 is 32.9 Å². The van der Waals surface area contributed by atoms with E-state index >= 15 is 0 Å². The first-order chi connectivity index (χ1) is 40.5. The summed E-state index contributed by atoms with van der Waals surface area (Å²) >= 11 is 0. The second kappa shape index (κ2) is 64.7. The molecule has 3 atom stereocenters. The van der Waals surface area contributed by atoms with Crippen molar-refractivity contribution in [2.45, 2.75) is 366 Å². The number of phosphoric acid groups is 1.